The summed E-state index contributed by atoms with van der Waals surface area (Å²) in [6, 6.07) is 1.71. The summed E-state index contributed by atoms with van der Waals surface area (Å²) in [7, 11) is 0. The minimum Gasteiger partial charge on any atom is -0.284 e. The van der Waals surface area contributed by atoms with Crippen LogP contribution < -0.4 is 0 Å². The van der Waals surface area contributed by atoms with Crippen molar-refractivity contribution < 1.29 is 13.2 Å². The lowest BCUT2D eigenvalue weighted by atomic mass is 9.85. The number of aromatic nitrogens is 5. The lowest BCUT2D eigenvalue weighted by Crippen LogP contribution is -2.11. The number of H-pyrrole nitrogens is 2. The molecule has 0 atom stereocenters. The van der Waals surface area contributed by atoms with Crippen LogP contribution in [0.2, 0.25) is 5.02 Å². The van der Waals surface area contributed by atoms with Crippen molar-refractivity contribution in [1.29, 1.82) is 0 Å². The van der Waals surface area contributed by atoms with E-state index in [-0.39, 0.29) is 5.56 Å². The highest BCUT2D eigenvalue weighted by Crippen LogP contribution is 2.42. The Balaban J connectivity index is 1.91. The van der Waals surface area contributed by atoms with Crippen LogP contribution in [0.4, 0.5) is 13.2 Å². The molecule has 1 aliphatic carbocycles. The molecule has 2 N–H and O–H groups in total. The van der Waals surface area contributed by atoms with Crippen LogP contribution in [-0.2, 0) is 19.0 Å². The number of hydrogen-bond acceptors (Lipinski definition) is 3. The van der Waals surface area contributed by atoms with Crippen LogP contribution >= 0.6 is 11.6 Å². The Morgan fingerprint density at radius 2 is 1.89 bits per heavy atom. The third-order valence-electron chi connectivity index (χ3n) is 5.12. The van der Waals surface area contributed by atoms with Gasteiger partial charge in [-0.05, 0) is 42.9 Å². The van der Waals surface area contributed by atoms with Crippen molar-refractivity contribution in [2.24, 2.45) is 0 Å². The fourth-order valence-electron chi connectivity index (χ4n) is 3.99. The fourth-order valence-corrected chi connectivity index (χ4v) is 4.24. The number of fused-ring (bicyclic) bond motifs is 5. The van der Waals surface area contributed by atoms with Gasteiger partial charge in [-0.25, -0.2) is 4.98 Å². The number of aromatic amines is 2. The normalized spacial score (nSPS) is 14.8. The zero-order chi connectivity index (χ0) is 18.8. The van der Waals surface area contributed by atoms with E-state index < -0.39 is 11.9 Å². The lowest BCUT2D eigenvalue weighted by molar-refractivity contribution is -0.140. The molecule has 0 spiro atoms. The van der Waals surface area contributed by atoms with E-state index in [1.807, 2.05) is 0 Å². The van der Waals surface area contributed by atoms with E-state index in [1.54, 1.807) is 12.3 Å². The van der Waals surface area contributed by atoms with Crippen LogP contribution in [0, 0.1) is 0 Å². The summed E-state index contributed by atoms with van der Waals surface area (Å²) in [6.07, 6.45) is 1.71. The Morgan fingerprint density at radius 1 is 1.11 bits per heavy atom. The van der Waals surface area contributed by atoms with Crippen LogP contribution in [0.25, 0.3) is 33.1 Å². The average Bonchev–Trinajstić information content (AvgIpc) is 3.29. The van der Waals surface area contributed by atoms with Crippen molar-refractivity contribution in [3.05, 3.63) is 40.3 Å². The van der Waals surface area contributed by atoms with Gasteiger partial charge in [0.2, 0.25) is 0 Å². The Hall–Kier alpha value is -2.61. The summed E-state index contributed by atoms with van der Waals surface area (Å²) in [6.45, 7) is 0. The van der Waals surface area contributed by atoms with Crippen LogP contribution in [0.1, 0.15) is 29.7 Å². The second-order valence-corrected chi connectivity index (χ2v) is 7.09. The molecular weight excluding hydrogens is 379 g/mol. The number of benzene rings is 1. The van der Waals surface area contributed by atoms with Gasteiger partial charge in [0.1, 0.15) is 0 Å². The van der Waals surface area contributed by atoms with Crippen LogP contribution in [-0.4, -0.2) is 25.4 Å². The summed E-state index contributed by atoms with van der Waals surface area (Å²) < 4.78 is 40.2. The minimum absolute atomic E-state index is 0.0362. The van der Waals surface area contributed by atoms with E-state index in [0.29, 0.717) is 22.7 Å². The van der Waals surface area contributed by atoms with Crippen LogP contribution in [0.5, 0.6) is 0 Å². The van der Waals surface area contributed by atoms with Crippen molar-refractivity contribution in [3.63, 3.8) is 0 Å². The molecule has 0 fully saturated rings. The molecule has 5 rings (SSSR count). The number of nitrogens with zero attached hydrogens (tertiary/aromatic N) is 3. The van der Waals surface area contributed by atoms with Crippen molar-refractivity contribution in [3.8, 4) is 11.3 Å². The number of alkyl halides is 3. The molecule has 9 heteroatoms. The molecule has 0 bridgehead atoms. The Morgan fingerprint density at radius 3 is 2.67 bits per heavy atom. The molecule has 3 heterocycles. The number of pyridine rings is 1. The second kappa shape index (κ2) is 5.69. The largest absolute Gasteiger partial charge is 0.435 e. The van der Waals surface area contributed by atoms with E-state index >= 15 is 0 Å². The topological polar surface area (TPSA) is 70.2 Å². The Bertz CT molecular complexity index is 1190. The van der Waals surface area contributed by atoms with Gasteiger partial charge in [-0.2, -0.15) is 23.4 Å². The maximum Gasteiger partial charge on any atom is 0.435 e. The first-order valence-corrected chi connectivity index (χ1v) is 8.91. The molecule has 0 saturated carbocycles. The fraction of sp³-hybridized carbons (Fsp3) is 0.278. The first-order valence-electron chi connectivity index (χ1n) is 8.53. The molecule has 3 aromatic heterocycles. The summed E-state index contributed by atoms with van der Waals surface area (Å²) in [5.41, 5.74) is 2.44. The van der Waals surface area contributed by atoms with Crippen molar-refractivity contribution in [2.75, 3.05) is 0 Å². The average molecular weight is 392 g/mol. The quantitative estimate of drug-likeness (QED) is 0.477. The molecule has 1 aliphatic rings. The van der Waals surface area contributed by atoms with Crippen LogP contribution in [0.3, 0.4) is 0 Å². The smallest absolute Gasteiger partial charge is 0.284 e. The molecule has 138 valence electrons. The van der Waals surface area contributed by atoms with Gasteiger partial charge >= 0.3 is 6.18 Å². The Labute approximate surface area is 155 Å². The minimum atomic E-state index is -4.56. The van der Waals surface area contributed by atoms with Crippen molar-refractivity contribution in [1.82, 2.24) is 25.4 Å². The first-order chi connectivity index (χ1) is 12.9. The van der Waals surface area contributed by atoms with Gasteiger partial charge < -0.3 is 0 Å². The Kier molecular flexibility index (Phi) is 3.49. The summed E-state index contributed by atoms with van der Waals surface area (Å²) in [4.78, 5) is 4.60. The van der Waals surface area contributed by atoms with Crippen LogP contribution in [0.15, 0.2) is 18.5 Å². The summed E-state index contributed by atoms with van der Waals surface area (Å²) in [5.74, 6) is 0. The maximum atomic E-state index is 13.4. The van der Waals surface area contributed by atoms with E-state index in [0.717, 1.165) is 46.7 Å². The van der Waals surface area contributed by atoms with Gasteiger partial charge in [0.25, 0.3) is 0 Å². The number of halogens is 4. The van der Waals surface area contributed by atoms with E-state index in [2.05, 4.69) is 25.4 Å². The van der Waals surface area contributed by atoms with Gasteiger partial charge in [-0.3, -0.25) is 10.2 Å². The van der Waals surface area contributed by atoms with E-state index in [9.17, 15) is 13.2 Å². The summed E-state index contributed by atoms with van der Waals surface area (Å²) >= 11 is 6.44. The molecule has 27 heavy (non-hydrogen) atoms. The molecule has 0 radical (unpaired) electrons. The van der Waals surface area contributed by atoms with Gasteiger partial charge in [0, 0.05) is 17.0 Å². The van der Waals surface area contributed by atoms with Gasteiger partial charge in [-0.1, -0.05) is 11.6 Å². The number of nitrogens with one attached hydrogen (secondary N) is 2. The third-order valence-corrected chi connectivity index (χ3v) is 5.40. The highest BCUT2D eigenvalue weighted by atomic mass is 35.5. The molecule has 5 nitrogen and oxygen atoms in total. The predicted octanol–water partition coefficient (Wildman–Crippen LogP) is 5.05. The zero-order valence-electron chi connectivity index (χ0n) is 13.9. The molecule has 0 aliphatic heterocycles. The van der Waals surface area contributed by atoms with Crippen molar-refractivity contribution in [2.45, 2.75) is 31.9 Å². The highest BCUT2D eigenvalue weighted by molar-refractivity contribution is 6.37. The molecule has 0 amide bonds. The van der Waals surface area contributed by atoms with Gasteiger partial charge in [-0.15, -0.1) is 0 Å². The second-order valence-electron chi connectivity index (χ2n) is 6.68. The number of hydrogen-bond donors (Lipinski definition) is 2. The third kappa shape index (κ3) is 2.43. The maximum absolute atomic E-state index is 13.4. The predicted molar refractivity (Wildman–Crippen MR) is 95.6 cm³/mol. The number of aryl methyl sites for hydroxylation is 1. The van der Waals surface area contributed by atoms with E-state index in [1.165, 1.54) is 6.20 Å². The molecule has 1 aromatic carbocycles. The molecule has 4 aromatic rings. The molecule has 0 unspecified atom stereocenters. The lowest BCUT2D eigenvalue weighted by Gasteiger charge is -2.22. The molecule has 0 saturated heterocycles. The van der Waals surface area contributed by atoms with Gasteiger partial charge in [0.05, 0.1) is 33.5 Å². The zero-order valence-corrected chi connectivity index (χ0v) is 14.7. The first kappa shape index (κ1) is 16.6. The van der Waals surface area contributed by atoms with Gasteiger partial charge in [0.15, 0.2) is 5.69 Å². The highest BCUT2D eigenvalue weighted by Gasteiger charge is 2.38. The number of rotatable bonds is 1. The SMILES string of the molecule is FC(F)(F)c1n[nH]cc1-c1nc2c(Cl)cc3[nH]ncc3c2c2c1CCCC2. The van der Waals surface area contributed by atoms with E-state index in [4.69, 9.17) is 11.6 Å². The van der Waals surface area contributed by atoms with Crippen molar-refractivity contribution >= 4 is 33.4 Å². The monoisotopic (exact) mass is 391 g/mol. The summed E-state index contributed by atoms with van der Waals surface area (Å²) in [5, 5.41) is 14.9. The standard InChI is InChI=1S/C18H13ClF3N5/c19-12-5-13-10(6-23-26-13)14-8-3-1-2-4-9(8)15(25-16(12)14)11-7-24-27-17(11)18(20,21)22/h5-7H,1-4H2,(H,23,26)(H,24,27). The molecular formula is C18H13ClF3N5.